The van der Waals surface area contributed by atoms with Gasteiger partial charge in [0.15, 0.2) is 0 Å². The van der Waals surface area contributed by atoms with Gasteiger partial charge in [0.1, 0.15) is 11.4 Å². The maximum absolute atomic E-state index is 12.9. The number of alkyl halides is 2. The van der Waals surface area contributed by atoms with Gasteiger partial charge in [-0.1, -0.05) is 0 Å². The molecule has 0 aliphatic rings. The number of nitrogens with one attached hydrogen (secondary N) is 1. The maximum atomic E-state index is 12.9. The molecule has 0 atom stereocenters. The third kappa shape index (κ3) is 1.93. The predicted octanol–water partition coefficient (Wildman–Crippen LogP) is 1.52. The molecule has 1 N–H and O–H groups in total. The number of aromatic amines is 1. The quantitative estimate of drug-likeness (QED) is 0.790. The van der Waals surface area contributed by atoms with E-state index in [1.807, 2.05) is 4.98 Å². The molecule has 1 rings (SSSR count). The van der Waals surface area contributed by atoms with Crippen molar-refractivity contribution in [1.82, 2.24) is 4.98 Å². The molecule has 0 aliphatic carbocycles. The highest BCUT2D eigenvalue weighted by molar-refractivity contribution is 5.19. The SMILES string of the molecule is N#CCc1cc(F)c(C(F)F)c(=O)[nH]1. The molecule has 1 heterocycles. The van der Waals surface area contributed by atoms with Crippen molar-refractivity contribution in [2.45, 2.75) is 12.8 Å². The van der Waals surface area contributed by atoms with Crippen LogP contribution in [0, 0.1) is 17.1 Å². The van der Waals surface area contributed by atoms with Crippen molar-refractivity contribution in [1.29, 1.82) is 5.26 Å². The first-order valence-corrected chi connectivity index (χ1v) is 3.63. The molecule has 0 spiro atoms. The molecule has 6 heteroatoms. The molecule has 14 heavy (non-hydrogen) atoms. The minimum absolute atomic E-state index is 0.0144. The van der Waals surface area contributed by atoms with Crippen molar-refractivity contribution in [3.05, 3.63) is 33.5 Å². The van der Waals surface area contributed by atoms with Crippen LogP contribution in [0.25, 0.3) is 0 Å². The lowest BCUT2D eigenvalue weighted by molar-refractivity contribution is 0.144. The Labute approximate surface area is 76.8 Å². The highest BCUT2D eigenvalue weighted by atomic mass is 19.3. The van der Waals surface area contributed by atoms with Crippen LogP contribution in [0.3, 0.4) is 0 Å². The molecule has 0 aliphatic heterocycles. The van der Waals surface area contributed by atoms with Crippen LogP contribution in [0.4, 0.5) is 13.2 Å². The Kier molecular flexibility index (Phi) is 2.92. The van der Waals surface area contributed by atoms with Crippen LogP contribution < -0.4 is 5.56 Å². The second-order valence-electron chi connectivity index (χ2n) is 2.52. The zero-order chi connectivity index (χ0) is 10.7. The number of nitrogens with zero attached hydrogens (tertiary/aromatic N) is 1. The van der Waals surface area contributed by atoms with Gasteiger partial charge >= 0.3 is 0 Å². The highest BCUT2D eigenvalue weighted by Gasteiger charge is 2.18. The number of aromatic nitrogens is 1. The Morgan fingerprint density at radius 3 is 2.64 bits per heavy atom. The minimum atomic E-state index is -3.16. The van der Waals surface area contributed by atoms with E-state index in [0.717, 1.165) is 6.07 Å². The lowest BCUT2D eigenvalue weighted by Crippen LogP contribution is -2.17. The van der Waals surface area contributed by atoms with E-state index in [1.54, 1.807) is 6.07 Å². The number of rotatable bonds is 2. The van der Waals surface area contributed by atoms with Crippen LogP contribution in [0.15, 0.2) is 10.9 Å². The summed E-state index contributed by atoms with van der Waals surface area (Å²) in [6, 6.07) is 2.39. The second-order valence-corrected chi connectivity index (χ2v) is 2.52. The molecule has 0 amide bonds. The largest absolute Gasteiger partial charge is 0.325 e. The van der Waals surface area contributed by atoms with E-state index >= 15 is 0 Å². The number of nitriles is 1. The molecule has 0 radical (unpaired) electrons. The van der Waals surface area contributed by atoms with Crippen LogP contribution >= 0.6 is 0 Å². The Morgan fingerprint density at radius 2 is 2.21 bits per heavy atom. The fourth-order valence-electron chi connectivity index (χ4n) is 0.972. The van der Waals surface area contributed by atoms with E-state index in [9.17, 15) is 18.0 Å². The second kappa shape index (κ2) is 3.96. The van der Waals surface area contributed by atoms with Crippen molar-refractivity contribution in [3.63, 3.8) is 0 Å². The van der Waals surface area contributed by atoms with Gasteiger partial charge in [-0.25, -0.2) is 13.2 Å². The molecule has 0 saturated carbocycles. The van der Waals surface area contributed by atoms with Gasteiger partial charge in [-0.3, -0.25) is 4.79 Å². The molecule has 1 aromatic rings. The molecular weight excluding hydrogens is 197 g/mol. The summed E-state index contributed by atoms with van der Waals surface area (Å²) >= 11 is 0. The van der Waals surface area contributed by atoms with Crippen LogP contribution in [0.5, 0.6) is 0 Å². The van der Waals surface area contributed by atoms with Gasteiger partial charge in [0.2, 0.25) is 0 Å². The third-order valence-electron chi connectivity index (χ3n) is 1.56. The van der Waals surface area contributed by atoms with Gasteiger partial charge in [-0.15, -0.1) is 0 Å². The van der Waals surface area contributed by atoms with Gasteiger partial charge in [-0.05, 0) is 6.07 Å². The molecule has 0 saturated heterocycles. The van der Waals surface area contributed by atoms with E-state index in [2.05, 4.69) is 0 Å². The Hall–Kier alpha value is -1.77. The average Bonchev–Trinajstić information content (AvgIpc) is 2.01. The predicted molar refractivity (Wildman–Crippen MR) is 41.3 cm³/mol. The lowest BCUT2D eigenvalue weighted by atomic mass is 10.2. The van der Waals surface area contributed by atoms with Crippen LogP contribution in [-0.4, -0.2) is 4.98 Å². The number of pyridine rings is 1. The molecule has 74 valence electrons. The molecule has 0 fully saturated rings. The van der Waals surface area contributed by atoms with Crippen molar-refractivity contribution in [2.75, 3.05) is 0 Å². The summed E-state index contributed by atoms with van der Waals surface area (Å²) in [5.41, 5.74) is -2.39. The number of H-pyrrole nitrogens is 1. The van der Waals surface area contributed by atoms with Crippen LogP contribution in [0.1, 0.15) is 17.7 Å². The van der Waals surface area contributed by atoms with Gasteiger partial charge in [0.25, 0.3) is 12.0 Å². The third-order valence-corrected chi connectivity index (χ3v) is 1.56. The smallest absolute Gasteiger partial charge is 0.272 e. The van der Waals surface area contributed by atoms with Gasteiger partial charge in [0, 0.05) is 5.69 Å². The van der Waals surface area contributed by atoms with E-state index in [-0.39, 0.29) is 12.1 Å². The maximum Gasteiger partial charge on any atom is 0.272 e. The molecule has 0 bridgehead atoms. The zero-order valence-electron chi connectivity index (χ0n) is 6.85. The Morgan fingerprint density at radius 1 is 1.57 bits per heavy atom. The van der Waals surface area contributed by atoms with Crippen molar-refractivity contribution in [3.8, 4) is 6.07 Å². The van der Waals surface area contributed by atoms with E-state index in [1.165, 1.54) is 0 Å². The van der Waals surface area contributed by atoms with Gasteiger partial charge < -0.3 is 4.98 Å². The number of halogens is 3. The monoisotopic (exact) mass is 202 g/mol. The highest BCUT2D eigenvalue weighted by Crippen LogP contribution is 2.17. The molecule has 3 nitrogen and oxygen atoms in total. The standard InChI is InChI=1S/C8H5F3N2O/c9-5-3-4(1-2-12)13-8(14)6(5)7(10)11/h3,7H,1H2,(H,13,14). The van der Waals surface area contributed by atoms with E-state index < -0.39 is 23.4 Å². The Bertz CT molecular complexity index is 433. The summed E-state index contributed by atoms with van der Waals surface area (Å²) in [6.45, 7) is 0. The first-order chi connectivity index (χ1) is 6.56. The van der Waals surface area contributed by atoms with Crippen molar-refractivity contribution in [2.24, 2.45) is 0 Å². The van der Waals surface area contributed by atoms with Gasteiger partial charge in [-0.2, -0.15) is 5.26 Å². The zero-order valence-corrected chi connectivity index (χ0v) is 6.85. The van der Waals surface area contributed by atoms with Gasteiger partial charge in [0.05, 0.1) is 12.5 Å². The molecular formula is C8H5F3N2O. The van der Waals surface area contributed by atoms with Crippen LogP contribution in [0.2, 0.25) is 0 Å². The molecule has 0 aromatic carbocycles. The van der Waals surface area contributed by atoms with Crippen LogP contribution in [-0.2, 0) is 6.42 Å². The fraction of sp³-hybridized carbons (Fsp3) is 0.250. The molecule has 0 unspecified atom stereocenters. The summed E-state index contributed by atoms with van der Waals surface area (Å²) < 4.78 is 37.0. The first-order valence-electron chi connectivity index (χ1n) is 3.63. The summed E-state index contributed by atoms with van der Waals surface area (Å²) in [4.78, 5) is 12.9. The summed E-state index contributed by atoms with van der Waals surface area (Å²) in [7, 11) is 0. The first kappa shape index (κ1) is 10.3. The number of hydrogen-bond acceptors (Lipinski definition) is 2. The summed E-state index contributed by atoms with van der Waals surface area (Å²) in [5.74, 6) is -1.28. The number of hydrogen-bond donors (Lipinski definition) is 1. The normalized spacial score (nSPS) is 10.2. The van der Waals surface area contributed by atoms with Crippen molar-refractivity contribution < 1.29 is 13.2 Å². The minimum Gasteiger partial charge on any atom is -0.325 e. The van der Waals surface area contributed by atoms with Crippen molar-refractivity contribution >= 4 is 0 Å². The topological polar surface area (TPSA) is 56.6 Å². The summed E-state index contributed by atoms with van der Waals surface area (Å²) in [6.07, 6.45) is -3.38. The summed E-state index contributed by atoms with van der Waals surface area (Å²) in [5, 5.41) is 8.24. The fourth-order valence-corrected chi connectivity index (χ4v) is 0.972. The average molecular weight is 202 g/mol. The van der Waals surface area contributed by atoms with E-state index in [0.29, 0.717) is 0 Å². The Balaban J connectivity index is 3.27. The lowest BCUT2D eigenvalue weighted by Gasteiger charge is -2.01. The van der Waals surface area contributed by atoms with E-state index in [4.69, 9.17) is 5.26 Å². The molecule has 1 aromatic heterocycles.